The van der Waals surface area contributed by atoms with Crippen LogP contribution in [0.3, 0.4) is 0 Å². The molecule has 0 saturated heterocycles. The van der Waals surface area contributed by atoms with Crippen LogP contribution < -0.4 is 15.4 Å². The lowest BCUT2D eigenvalue weighted by molar-refractivity contribution is 0.0630. The zero-order valence-corrected chi connectivity index (χ0v) is 16.9. The predicted molar refractivity (Wildman–Crippen MR) is 113 cm³/mol. The first-order valence-electron chi connectivity index (χ1n) is 9.45. The number of amides is 4. The van der Waals surface area contributed by atoms with Gasteiger partial charge in [0.25, 0.3) is 11.8 Å². The van der Waals surface area contributed by atoms with Gasteiger partial charge in [-0.3, -0.25) is 24.8 Å². The van der Waals surface area contributed by atoms with Crippen LogP contribution in [0.1, 0.15) is 32.0 Å². The van der Waals surface area contributed by atoms with E-state index in [1.54, 1.807) is 25.1 Å². The molecular weight excluding hydrogens is 398 g/mol. The second-order valence-electron chi connectivity index (χ2n) is 6.89. The van der Waals surface area contributed by atoms with Gasteiger partial charge in [0.1, 0.15) is 5.75 Å². The van der Waals surface area contributed by atoms with Crippen LogP contribution in [0.15, 0.2) is 54.9 Å². The first-order valence-corrected chi connectivity index (χ1v) is 9.45. The van der Waals surface area contributed by atoms with Crippen molar-refractivity contribution in [1.29, 1.82) is 0 Å². The van der Waals surface area contributed by atoms with E-state index in [1.807, 2.05) is 12.1 Å². The summed E-state index contributed by atoms with van der Waals surface area (Å²) in [5, 5.41) is 5.22. The summed E-state index contributed by atoms with van der Waals surface area (Å²) in [5.41, 5.74) is 2.69. The molecule has 2 N–H and O–H groups in total. The SMILES string of the molecule is COc1cc(C(=O)N2Cc3ccccc3C2=O)ccc1NC(=O)Nc1cnc(C)cn1. The molecule has 1 aromatic heterocycles. The van der Waals surface area contributed by atoms with Gasteiger partial charge in [-0.05, 0) is 36.8 Å². The highest BCUT2D eigenvalue weighted by molar-refractivity contribution is 6.13. The van der Waals surface area contributed by atoms with Crippen molar-refractivity contribution in [2.45, 2.75) is 13.5 Å². The third-order valence-electron chi connectivity index (χ3n) is 4.79. The Hall–Kier alpha value is -4.27. The third kappa shape index (κ3) is 4.06. The van der Waals surface area contributed by atoms with E-state index in [0.717, 1.165) is 11.3 Å². The van der Waals surface area contributed by atoms with Crippen LogP contribution in [0.5, 0.6) is 5.75 Å². The zero-order chi connectivity index (χ0) is 22.0. The molecule has 9 heteroatoms. The number of rotatable bonds is 4. The summed E-state index contributed by atoms with van der Waals surface area (Å²) in [6.45, 7) is 2.01. The van der Waals surface area contributed by atoms with Crippen molar-refractivity contribution in [3.8, 4) is 5.75 Å². The Bertz CT molecular complexity index is 1180. The van der Waals surface area contributed by atoms with Gasteiger partial charge in [-0.25, -0.2) is 9.78 Å². The van der Waals surface area contributed by atoms with E-state index in [2.05, 4.69) is 20.6 Å². The maximum atomic E-state index is 12.9. The topological polar surface area (TPSA) is 114 Å². The highest BCUT2D eigenvalue weighted by atomic mass is 16.5. The lowest BCUT2D eigenvalue weighted by Gasteiger charge is -2.16. The molecule has 0 radical (unpaired) electrons. The first-order chi connectivity index (χ1) is 15.0. The van der Waals surface area contributed by atoms with E-state index < -0.39 is 11.9 Å². The summed E-state index contributed by atoms with van der Waals surface area (Å²) >= 11 is 0. The Morgan fingerprint density at radius 1 is 1.06 bits per heavy atom. The van der Waals surface area contributed by atoms with Crippen LogP contribution in [-0.2, 0) is 6.54 Å². The molecule has 0 atom stereocenters. The summed E-state index contributed by atoms with van der Waals surface area (Å²) in [5.74, 6) is -0.202. The predicted octanol–water partition coefficient (Wildman–Crippen LogP) is 3.23. The molecule has 0 fully saturated rings. The zero-order valence-electron chi connectivity index (χ0n) is 16.9. The van der Waals surface area contributed by atoms with Crippen molar-refractivity contribution in [1.82, 2.24) is 14.9 Å². The number of hydrogen-bond acceptors (Lipinski definition) is 6. The van der Waals surface area contributed by atoms with Crippen molar-refractivity contribution >= 4 is 29.4 Å². The van der Waals surface area contributed by atoms with Crippen LogP contribution >= 0.6 is 0 Å². The average Bonchev–Trinajstić information content (AvgIpc) is 3.12. The van der Waals surface area contributed by atoms with Gasteiger partial charge in [0, 0.05) is 11.1 Å². The minimum Gasteiger partial charge on any atom is -0.495 e. The maximum absolute atomic E-state index is 12.9. The van der Waals surface area contributed by atoms with E-state index in [-0.39, 0.29) is 23.8 Å². The van der Waals surface area contributed by atoms with Gasteiger partial charge < -0.3 is 10.1 Å². The van der Waals surface area contributed by atoms with E-state index in [4.69, 9.17) is 4.74 Å². The third-order valence-corrected chi connectivity index (χ3v) is 4.79. The summed E-state index contributed by atoms with van der Waals surface area (Å²) in [6.07, 6.45) is 2.98. The Labute approximate surface area is 178 Å². The molecule has 4 rings (SSSR count). The summed E-state index contributed by atoms with van der Waals surface area (Å²) in [7, 11) is 1.43. The number of benzene rings is 2. The van der Waals surface area contributed by atoms with Gasteiger partial charge >= 0.3 is 6.03 Å². The fourth-order valence-electron chi connectivity index (χ4n) is 3.23. The number of nitrogens with zero attached hydrogens (tertiary/aromatic N) is 3. The molecule has 2 heterocycles. The second kappa shape index (κ2) is 8.23. The summed E-state index contributed by atoms with van der Waals surface area (Å²) in [4.78, 5) is 47.1. The number of methoxy groups -OCH3 is 1. The molecule has 1 aliphatic rings. The summed E-state index contributed by atoms with van der Waals surface area (Å²) in [6, 6.07) is 11.1. The number of aromatic nitrogens is 2. The molecule has 0 bridgehead atoms. The largest absolute Gasteiger partial charge is 0.495 e. The van der Waals surface area contributed by atoms with E-state index >= 15 is 0 Å². The van der Waals surface area contributed by atoms with E-state index in [1.165, 1.54) is 36.5 Å². The number of urea groups is 1. The van der Waals surface area contributed by atoms with Gasteiger partial charge in [0.2, 0.25) is 0 Å². The molecule has 9 nitrogen and oxygen atoms in total. The van der Waals surface area contributed by atoms with Gasteiger partial charge in [-0.2, -0.15) is 0 Å². The van der Waals surface area contributed by atoms with Crippen LogP contribution in [0.4, 0.5) is 16.3 Å². The number of aryl methyl sites for hydroxylation is 1. The lowest BCUT2D eigenvalue weighted by atomic mass is 10.1. The van der Waals surface area contributed by atoms with Crippen molar-refractivity contribution in [2.24, 2.45) is 0 Å². The van der Waals surface area contributed by atoms with Gasteiger partial charge in [-0.1, -0.05) is 18.2 Å². The monoisotopic (exact) mass is 417 g/mol. The Morgan fingerprint density at radius 2 is 1.87 bits per heavy atom. The molecule has 3 aromatic rings. The number of hydrogen-bond donors (Lipinski definition) is 2. The van der Waals surface area contributed by atoms with Crippen LogP contribution in [0.25, 0.3) is 0 Å². The Morgan fingerprint density at radius 3 is 2.58 bits per heavy atom. The number of anilines is 2. The van der Waals surface area contributed by atoms with Crippen LogP contribution in [-0.4, -0.2) is 39.8 Å². The highest BCUT2D eigenvalue weighted by Crippen LogP contribution is 2.29. The molecule has 156 valence electrons. The number of imide groups is 1. The molecule has 2 aromatic carbocycles. The fourth-order valence-corrected chi connectivity index (χ4v) is 3.23. The number of ether oxygens (including phenoxy) is 1. The van der Waals surface area contributed by atoms with Gasteiger partial charge in [-0.15, -0.1) is 0 Å². The molecule has 0 aliphatic carbocycles. The number of fused-ring (bicyclic) bond motifs is 1. The lowest BCUT2D eigenvalue weighted by Crippen LogP contribution is -2.31. The van der Waals surface area contributed by atoms with Crippen molar-refractivity contribution < 1.29 is 19.1 Å². The van der Waals surface area contributed by atoms with E-state index in [9.17, 15) is 14.4 Å². The fraction of sp³-hybridized carbons (Fsp3) is 0.136. The number of carbonyl (C=O) groups excluding carboxylic acids is 3. The average molecular weight is 417 g/mol. The van der Waals surface area contributed by atoms with Crippen molar-refractivity contribution in [3.63, 3.8) is 0 Å². The molecule has 0 saturated carbocycles. The molecule has 1 aliphatic heterocycles. The molecule has 31 heavy (non-hydrogen) atoms. The van der Waals surface area contributed by atoms with Crippen molar-refractivity contribution in [3.05, 3.63) is 77.2 Å². The minimum atomic E-state index is -0.541. The quantitative estimate of drug-likeness (QED) is 0.630. The van der Waals surface area contributed by atoms with Gasteiger partial charge in [0.15, 0.2) is 5.82 Å². The van der Waals surface area contributed by atoms with Crippen LogP contribution in [0, 0.1) is 6.92 Å². The molecule has 0 unspecified atom stereocenters. The minimum absolute atomic E-state index is 0.218. The molecule has 0 spiro atoms. The van der Waals surface area contributed by atoms with Gasteiger partial charge in [0.05, 0.1) is 37.4 Å². The van der Waals surface area contributed by atoms with E-state index in [0.29, 0.717) is 17.1 Å². The standard InChI is InChI=1S/C22H19N5O4/c1-13-10-24-19(11-23-13)26-22(30)25-17-8-7-14(9-18(17)31-2)20(28)27-12-15-5-3-4-6-16(15)21(27)29/h3-11H,12H2,1-2H3,(H2,24,25,26,30). The van der Waals surface area contributed by atoms with Crippen LogP contribution in [0.2, 0.25) is 0 Å². The highest BCUT2D eigenvalue weighted by Gasteiger charge is 2.32. The normalized spacial score (nSPS) is 12.3. The maximum Gasteiger partial charge on any atom is 0.324 e. The number of carbonyl (C=O) groups is 3. The Kier molecular flexibility index (Phi) is 5.31. The summed E-state index contributed by atoms with van der Waals surface area (Å²) < 4.78 is 5.33. The molecule has 4 amide bonds. The smallest absolute Gasteiger partial charge is 0.324 e. The second-order valence-corrected chi connectivity index (χ2v) is 6.89. The molecular formula is C22H19N5O4. The first kappa shape index (κ1) is 20.0. The number of nitrogens with one attached hydrogen (secondary N) is 2. The van der Waals surface area contributed by atoms with Crippen molar-refractivity contribution in [2.75, 3.05) is 17.7 Å². The Balaban J connectivity index is 1.49.